The van der Waals surface area contributed by atoms with Crippen molar-refractivity contribution in [3.63, 3.8) is 0 Å². The smallest absolute Gasteiger partial charge is 0.341 e. The molecular weight excluding hydrogens is 482 g/mol. The van der Waals surface area contributed by atoms with Crippen LogP contribution in [0.2, 0.25) is 0 Å². The molecular formula is C30H34N3O5-. The predicted molar refractivity (Wildman–Crippen MR) is 157 cm³/mol. The number of carboxylic acids is 1. The van der Waals surface area contributed by atoms with Gasteiger partial charge in [0.1, 0.15) is 11.1 Å². The Hall–Kier alpha value is -4.98. The number of aromatic amines is 2. The summed E-state index contributed by atoms with van der Waals surface area (Å²) in [6, 6.07) is 23.0. The van der Waals surface area contributed by atoms with E-state index in [9.17, 15) is 19.2 Å². The van der Waals surface area contributed by atoms with Gasteiger partial charge in [0.15, 0.2) is 0 Å². The van der Waals surface area contributed by atoms with Crippen molar-refractivity contribution in [1.82, 2.24) is 9.97 Å². The first kappa shape index (κ1) is 33.0. The number of H-pyrrole nitrogens is 2. The van der Waals surface area contributed by atoms with Crippen LogP contribution >= 0.6 is 0 Å². The van der Waals surface area contributed by atoms with Gasteiger partial charge in [0, 0.05) is 39.9 Å². The fraction of sp³-hybridized carbons (Fsp3) is 0.100. The van der Waals surface area contributed by atoms with E-state index in [2.05, 4.69) is 15.3 Å². The largest absolute Gasteiger partial charge is 0.477 e. The van der Waals surface area contributed by atoms with Gasteiger partial charge in [0.25, 0.3) is 5.91 Å². The van der Waals surface area contributed by atoms with Crippen LogP contribution in [0.15, 0.2) is 101 Å². The summed E-state index contributed by atoms with van der Waals surface area (Å²) in [5, 5.41) is 12.3. The number of benzene rings is 3. The molecule has 8 nitrogen and oxygen atoms in total. The molecule has 0 fully saturated rings. The van der Waals surface area contributed by atoms with E-state index in [1.54, 1.807) is 54.6 Å². The van der Waals surface area contributed by atoms with Crippen molar-refractivity contribution >= 4 is 39.4 Å². The van der Waals surface area contributed by atoms with Gasteiger partial charge in [-0.05, 0) is 36.4 Å². The van der Waals surface area contributed by atoms with Crippen molar-refractivity contribution in [3.8, 4) is 0 Å². The summed E-state index contributed by atoms with van der Waals surface area (Å²) >= 11 is 0. The maximum atomic E-state index is 12.3. The SMILES string of the molecule is C.C.C.O=C(Nc1ccccc1)c1c[nH]c2ccccc2c1=O.O=C(O)c1c[nH]c2ccccc2c1=O.[CH3-]. The quantitative estimate of drug-likeness (QED) is 0.207. The molecule has 8 heteroatoms. The van der Waals surface area contributed by atoms with Crippen molar-refractivity contribution in [3.05, 3.63) is 130 Å². The van der Waals surface area contributed by atoms with Crippen LogP contribution in [0.4, 0.5) is 5.69 Å². The number of aromatic carboxylic acids is 1. The lowest BCUT2D eigenvalue weighted by atomic mass is 10.1. The van der Waals surface area contributed by atoms with Gasteiger partial charge in [-0.25, -0.2) is 4.79 Å². The van der Waals surface area contributed by atoms with Gasteiger partial charge in [0.2, 0.25) is 10.9 Å². The van der Waals surface area contributed by atoms with Crippen molar-refractivity contribution in [1.29, 1.82) is 0 Å². The molecule has 200 valence electrons. The van der Waals surface area contributed by atoms with Gasteiger partial charge >= 0.3 is 5.97 Å². The Morgan fingerprint density at radius 2 is 1.05 bits per heavy atom. The van der Waals surface area contributed by atoms with Crippen LogP contribution in [0.25, 0.3) is 21.8 Å². The predicted octanol–water partition coefficient (Wildman–Crippen LogP) is 6.37. The number of aromatic nitrogens is 2. The van der Waals surface area contributed by atoms with E-state index >= 15 is 0 Å². The lowest BCUT2D eigenvalue weighted by Crippen LogP contribution is -2.21. The van der Waals surface area contributed by atoms with Crippen LogP contribution in [0.1, 0.15) is 43.0 Å². The number of carboxylic acid groups (broad SMARTS) is 1. The third kappa shape index (κ3) is 7.04. The second kappa shape index (κ2) is 14.5. The van der Waals surface area contributed by atoms with Crippen molar-refractivity contribution in [2.45, 2.75) is 22.3 Å². The molecule has 5 rings (SSSR count). The number of rotatable bonds is 3. The fourth-order valence-corrected chi connectivity index (χ4v) is 3.38. The second-order valence-electron chi connectivity index (χ2n) is 7.28. The molecule has 3 aromatic carbocycles. The molecule has 2 heterocycles. The van der Waals surface area contributed by atoms with E-state index < -0.39 is 17.3 Å². The van der Waals surface area contributed by atoms with Gasteiger partial charge in [-0.2, -0.15) is 0 Å². The van der Waals surface area contributed by atoms with Gasteiger partial charge in [-0.15, -0.1) is 0 Å². The second-order valence-corrected chi connectivity index (χ2v) is 7.28. The van der Waals surface area contributed by atoms with E-state index in [1.165, 1.54) is 12.4 Å². The molecule has 0 saturated heterocycles. The zero-order valence-corrected chi connectivity index (χ0v) is 18.7. The number of fused-ring (bicyclic) bond motifs is 2. The topological polar surface area (TPSA) is 132 Å². The highest BCUT2D eigenvalue weighted by Crippen LogP contribution is 2.10. The number of anilines is 1. The standard InChI is InChI=1S/C16H12N2O2.C10H7NO3.3CH4.CH3/c19-15-12-8-4-5-9-14(12)17-10-13(15)16(20)18-11-6-2-1-3-7-11;12-9-6-3-1-2-4-8(6)11-5-7(9)10(13)14;;;;/h1-10H,(H,17,19)(H,18,20);1-5H,(H,11,12)(H,13,14);3*1H4;1H3/q;;;;;-1. The Bertz CT molecular complexity index is 1620. The maximum Gasteiger partial charge on any atom is 0.341 e. The van der Waals surface area contributed by atoms with Crippen molar-refractivity contribution in [2.24, 2.45) is 0 Å². The van der Waals surface area contributed by atoms with Crippen LogP contribution in [0, 0.1) is 7.43 Å². The summed E-state index contributed by atoms with van der Waals surface area (Å²) in [5.41, 5.74) is 1.16. The summed E-state index contributed by atoms with van der Waals surface area (Å²) in [5.74, 6) is -1.62. The van der Waals surface area contributed by atoms with E-state index in [-0.39, 0.29) is 46.3 Å². The Morgan fingerprint density at radius 3 is 1.55 bits per heavy atom. The molecule has 1 amide bonds. The molecule has 0 aliphatic rings. The molecule has 0 radical (unpaired) electrons. The average Bonchev–Trinajstić information content (AvgIpc) is 2.85. The van der Waals surface area contributed by atoms with E-state index in [0.29, 0.717) is 27.5 Å². The molecule has 5 aromatic rings. The monoisotopic (exact) mass is 516 g/mol. The first-order valence-electron chi connectivity index (χ1n) is 10.3. The highest BCUT2D eigenvalue weighted by Gasteiger charge is 2.13. The van der Waals surface area contributed by atoms with Crippen molar-refractivity contribution < 1.29 is 14.7 Å². The van der Waals surface area contributed by atoms with Crippen LogP contribution in [0.3, 0.4) is 0 Å². The summed E-state index contributed by atoms with van der Waals surface area (Å²) < 4.78 is 0. The van der Waals surface area contributed by atoms with E-state index in [0.717, 1.165) is 0 Å². The summed E-state index contributed by atoms with van der Waals surface area (Å²) in [6.45, 7) is 0. The molecule has 0 unspecified atom stereocenters. The molecule has 0 atom stereocenters. The number of amides is 1. The third-order valence-corrected chi connectivity index (χ3v) is 5.08. The Labute approximate surface area is 222 Å². The van der Waals surface area contributed by atoms with Gasteiger partial charge in [-0.3, -0.25) is 14.4 Å². The summed E-state index contributed by atoms with van der Waals surface area (Å²) in [6.07, 6.45) is 2.66. The zero-order valence-electron chi connectivity index (χ0n) is 18.7. The molecule has 0 saturated carbocycles. The third-order valence-electron chi connectivity index (χ3n) is 5.08. The van der Waals surface area contributed by atoms with Gasteiger partial charge < -0.3 is 27.8 Å². The van der Waals surface area contributed by atoms with Crippen LogP contribution in [0.5, 0.6) is 0 Å². The molecule has 0 bridgehead atoms. The maximum absolute atomic E-state index is 12.3. The highest BCUT2D eigenvalue weighted by atomic mass is 16.4. The number of carbonyl (C=O) groups excluding carboxylic acids is 1. The summed E-state index contributed by atoms with van der Waals surface area (Å²) in [7, 11) is 0. The minimum Gasteiger partial charge on any atom is -0.477 e. The minimum absolute atomic E-state index is 0. The molecule has 0 aliphatic heterocycles. The lowest BCUT2D eigenvalue weighted by molar-refractivity contribution is 0.0695. The van der Waals surface area contributed by atoms with Crippen LogP contribution < -0.4 is 16.2 Å². The molecule has 4 N–H and O–H groups in total. The lowest BCUT2D eigenvalue weighted by Gasteiger charge is -2.05. The van der Waals surface area contributed by atoms with Crippen LogP contribution in [-0.2, 0) is 0 Å². The number of nitrogens with one attached hydrogen (secondary N) is 3. The molecule has 2 aromatic heterocycles. The fourth-order valence-electron chi connectivity index (χ4n) is 3.38. The number of carbonyl (C=O) groups is 2. The Morgan fingerprint density at radius 1 is 0.632 bits per heavy atom. The Kier molecular flexibility index (Phi) is 12.6. The minimum atomic E-state index is -1.21. The number of hydrogen-bond acceptors (Lipinski definition) is 4. The number of para-hydroxylation sites is 3. The first-order valence-corrected chi connectivity index (χ1v) is 10.3. The first-order chi connectivity index (χ1) is 16.5. The molecule has 0 aliphatic carbocycles. The molecule has 38 heavy (non-hydrogen) atoms. The van der Waals surface area contributed by atoms with Gasteiger partial charge in [0.05, 0.1) is 0 Å². The summed E-state index contributed by atoms with van der Waals surface area (Å²) in [4.78, 5) is 52.4. The Balaban J connectivity index is 0.000000683. The van der Waals surface area contributed by atoms with E-state index in [1.807, 2.05) is 24.3 Å². The number of hydrogen-bond donors (Lipinski definition) is 4. The van der Waals surface area contributed by atoms with Gasteiger partial charge in [-0.1, -0.05) is 64.7 Å². The highest BCUT2D eigenvalue weighted by molar-refractivity contribution is 6.05. The van der Waals surface area contributed by atoms with E-state index in [4.69, 9.17) is 5.11 Å². The van der Waals surface area contributed by atoms with Crippen molar-refractivity contribution in [2.75, 3.05) is 5.32 Å². The normalized spacial score (nSPS) is 9.26. The average molecular weight is 517 g/mol. The zero-order chi connectivity index (χ0) is 24.1. The molecule has 0 spiro atoms. The number of pyridine rings is 2. The van der Waals surface area contributed by atoms with Crippen LogP contribution in [-0.4, -0.2) is 27.0 Å².